The molecule has 74 valence electrons. The Balaban J connectivity index is 2.45. The standard InChI is InChI=1S/C12H16N2/c1-2-4-11(13)9-5-3-6-12-10(9)7-8-14-12/h3,5-8,11,14H,2,4,13H2,1H3/t11-/m1/s1. The van der Waals surface area contributed by atoms with Gasteiger partial charge in [-0.25, -0.2) is 0 Å². The Morgan fingerprint density at radius 1 is 1.36 bits per heavy atom. The molecule has 1 atom stereocenters. The molecule has 2 heteroatoms. The van der Waals surface area contributed by atoms with Gasteiger partial charge in [0.05, 0.1) is 0 Å². The van der Waals surface area contributed by atoms with Gasteiger partial charge < -0.3 is 10.7 Å². The van der Waals surface area contributed by atoms with Crippen molar-refractivity contribution in [2.45, 2.75) is 25.8 Å². The molecule has 2 rings (SSSR count). The molecular formula is C12H16N2. The second kappa shape index (κ2) is 3.84. The maximum Gasteiger partial charge on any atom is 0.0457 e. The van der Waals surface area contributed by atoms with E-state index in [9.17, 15) is 0 Å². The van der Waals surface area contributed by atoms with Crippen molar-refractivity contribution < 1.29 is 0 Å². The molecule has 1 aromatic heterocycles. The number of aromatic amines is 1. The van der Waals surface area contributed by atoms with Gasteiger partial charge in [-0.1, -0.05) is 25.5 Å². The van der Waals surface area contributed by atoms with E-state index < -0.39 is 0 Å². The first-order valence-electron chi connectivity index (χ1n) is 5.14. The fraction of sp³-hybridized carbons (Fsp3) is 0.333. The van der Waals surface area contributed by atoms with Crippen LogP contribution in [0.25, 0.3) is 10.9 Å². The van der Waals surface area contributed by atoms with Crippen molar-refractivity contribution in [2.75, 3.05) is 0 Å². The highest BCUT2D eigenvalue weighted by Crippen LogP contribution is 2.24. The van der Waals surface area contributed by atoms with Crippen LogP contribution in [0.3, 0.4) is 0 Å². The zero-order valence-electron chi connectivity index (χ0n) is 8.46. The molecule has 2 aromatic rings. The van der Waals surface area contributed by atoms with E-state index in [0.717, 1.165) is 12.8 Å². The summed E-state index contributed by atoms with van der Waals surface area (Å²) in [5.74, 6) is 0. The average molecular weight is 188 g/mol. The molecule has 0 saturated carbocycles. The number of rotatable bonds is 3. The summed E-state index contributed by atoms with van der Waals surface area (Å²) in [5.41, 5.74) is 8.55. The topological polar surface area (TPSA) is 41.8 Å². The minimum absolute atomic E-state index is 0.166. The van der Waals surface area contributed by atoms with E-state index in [-0.39, 0.29) is 6.04 Å². The Bertz CT molecular complexity index is 417. The maximum absolute atomic E-state index is 6.12. The van der Waals surface area contributed by atoms with E-state index in [1.54, 1.807) is 0 Å². The minimum Gasteiger partial charge on any atom is -0.361 e. The summed E-state index contributed by atoms with van der Waals surface area (Å²) in [5, 5.41) is 1.26. The fourth-order valence-electron chi connectivity index (χ4n) is 1.90. The van der Waals surface area contributed by atoms with Gasteiger partial charge in [0.15, 0.2) is 0 Å². The third-order valence-corrected chi connectivity index (χ3v) is 2.63. The second-order valence-corrected chi connectivity index (χ2v) is 3.68. The van der Waals surface area contributed by atoms with Gasteiger partial charge in [-0.2, -0.15) is 0 Å². The lowest BCUT2D eigenvalue weighted by Gasteiger charge is -2.11. The summed E-state index contributed by atoms with van der Waals surface area (Å²) in [7, 11) is 0. The lowest BCUT2D eigenvalue weighted by molar-refractivity contribution is 0.643. The van der Waals surface area contributed by atoms with Crippen molar-refractivity contribution in [3.05, 3.63) is 36.0 Å². The molecule has 3 N–H and O–H groups in total. The molecule has 0 spiro atoms. The van der Waals surface area contributed by atoms with Gasteiger partial charge in [0.1, 0.15) is 0 Å². The van der Waals surface area contributed by atoms with E-state index in [2.05, 4.69) is 36.2 Å². The van der Waals surface area contributed by atoms with Crippen LogP contribution >= 0.6 is 0 Å². The number of hydrogen-bond acceptors (Lipinski definition) is 1. The zero-order chi connectivity index (χ0) is 9.97. The summed E-state index contributed by atoms with van der Waals surface area (Å²) >= 11 is 0. The largest absolute Gasteiger partial charge is 0.361 e. The number of hydrogen-bond donors (Lipinski definition) is 2. The maximum atomic E-state index is 6.12. The average Bonchev–Trinajstić information content (AvgIpc) is 2.65. The molecule has 0 unspecified atom stereocenters. The van der Waals surface area contributed by atoms with Gasteiger partial charge in [-0.3, -0.25) is 0 Å². The van der Waals surface area contributed by atoms with Crippen molar-refractivity contribution in [1.29, 1.82) is 0 Å². The van der Waals surface area contributed by atoms with Crippen molar-refractivity contribution in [2.24, 2.45) is 5.73 Å². The third-order valence-electron chi connectivity index (χ3n) is 2.63. The summed E-state index contributed by atoms with van der Waals surface area (Å²) in [4.78, 5) is 3.20. The van der Waals surface area contributed by atoms with E-state index in [1.165, 1.54) is 16.5 Å². The molecule has 2 nitrogen and oxygen atoms in total. The molecular weight excluding hydrogens is 172 g/mol. The van der Waals surface area contributed by atoms with E-state index in [4.69, 9.17) is 5.73 Å². The van der Waals surface area contributed by atoms with Gasteiger partial charge in [-0.05, 0) is 24.1 Å². The first-order valence-corrected chi connectivity index (χ1v) is 5.14. The summed E-state index contributed by atoms with van der Waals surface area (Å²) in [6, 6.07) is 8.53. The van der Waals surface area contributed by atoms with Crippen molar-refractivity contribution in [3.8, 4) is 0 Å². The molecule has 0 aliphatic rings. The zero-order valence-corrected chi connectivity index (χ0v) is 8.46. The Morgan fingerprint density at radius 2 is 2.21 bits per heavy atom. The van der Waals surface area contributed by atoms with Crippen LogP contribution in [0.5, 0.6) is 0 Å². The summed E-state index contributed by atoms with van der Waals surface area (Å²) < 4.78 is 0. The van der Waals surface area contributed by atoms with Crippen LogP contribution < -0.4 is 5.73 Å². The monoisotopic (exact) mass is 188 g/mol. The van der Waals surface area contributed by atoms with Crippen molar-refractivity contribution in [1.82, 2.24) is 4.98 Å². The first kappa shape index (κ1) is 9.28. The van der Waals surface area contributed by atoms with Gasteiger partial charge in [0, 0.05) is 23.1 Å². The SMILES string of the molecule is CCC[C@@H](N)c1cccc2[nH]ccc12. The Hall–Kier alpha value is -1.28. The third kappa shape index (κ3) is 1.53. The second-order valence-electron chi connectivity index (χ2n) is 3.68. The number of H-pyrrole nitrogens is 1. The van der Waals surface area contributed by atoms with E-state index in [0.29, 0.717) is 0 Å². The molecule has 0 radical (unpaired) electrons. The Labute approximate surface area is 84.1 Å². The smallest absolute Gasteiger partial charge is 0.0457 e. The number of benzene rings is 1. The molecule has 0 aliphatic carbocycles. The predicted octanol–water partition coefficient (Wildman–Crippen LogP) is 2.97. The van der Waals surface area contributed by atoms with Crippen molar-refractivity contribution in [3.63, 3.8) is 0 Å². The molecule has 0 fully saturated rings. The molecule has 1 aromatic carbocycles. The van der Waals surface area contributed by atoms with Gasteiger partial charge in [0.25, 0.3) is 0 Å². The highest BCUT2D eigenvalue weighted by Gasteiger charge is 2.08. The van der Waals surface area contributed by atoms with Crippen LogP contribution in [0, 0.1) is 0 Å². The number of nitrogens with one attached hydrogen (secondary N) is 1. The summed E-state index contributed by atoms with van der Waals surface area (Å²) in [6.07, 6.45) is 4.14. The molecule has 0 aliphatic heterocycles. The van der Waals surface area contributed by atoms with E-state index >= 15 is 0 Å². The first-order chi connectivity index (χ1) is 6.83. The molecule has 14 heavy (non-hydrogen) atoms. The normalized spacial score (nSPS) is 13.3. The number of fused-ring (bicyclic) bond motifs is 1. The van der Waals surface area contributed by atoms with Crippen LogP contribution in [-0.2, 0) is 0 Å². The van der Waals surface area contributed by atoms with Crippen LogP contribution in [0.4, 0.5) is 0 Å². The lowest BCUT2D eigenvalue weighted by Crippen LogP contribution is -2.09. The molecule has 0 saturated heterocycles. The van der Waals surface area contributed by atoms with Crippen LogP contribution in [0.1, 0.15) is 31.4 Å². The van der Waals surface area contributed by atoms with Gasteiger partial charge in [-0.15, -0.1) is 0 Å². The van der Waals surface area contributed by atoms with Crippen LogP contribution in [0.15, 0.2) is 30.5 Å². The molecule has 1 heterocycles. The molecule has 0 bridgehead atoms. The fourth-order valence-corrected chi connectivity index (χ4v) is 1.90. The van der Waals surface area contributed by atoms with Crippen LogP contribution in [-0.4, -0.2) is 4.98 Å². The molecule has 0 amide bonds. The summed E-state index contributed by atoms with van der Waals surface area (Å²) in [6.45, 7) is 2.16. The predicted molar refractivity (Wildman–Crippen MR) is 60.1 cm³/mol. The van der Waals surface area contributed by atoms with Crippen LogP contribution in [0.2, 0.25) is 0 Å². The van der Waals surface area contributed by atoms with Gasteiger partial charge in [0.2, 0.25) is 0 Å². The Kier molecular flexibility index (Phi) is 2.55. The lowest BCUT2D eigenvalue weighted by atomic mass is 10.00. The highest BCUT2D eigenvalue weighted by atomic mass is 14.7. The number of nitrogens with two attached hydrogens (primary N) is 1. The minimum atomic E-state index is 0.166. The van der Waals surface area contributed by atoms with Gasteiger partial charge >= 0.3 is 0 Å². The quantitative estimate of drug-likeness (QED) is 0.764. The van der Waals surface area contributed by atoms with Crippen molar-refractivity contribution >= 4 is 10.9 Å². The number of aromatic nitrogens is 1. The highest BCUT2D eigenvalue weighted by molar-refractivity contribution is 5.83. The van der Waals surface area contributed by atoms with E-state index in [1.807, 2.05) is 6.20 Å². The Morgan fingerprint density at radius 3 is 3.00 bits per heavy atom.